The summed E-state index contributed by atoms with van der Waals surface area (Å²) < 4.78 is 7.46. The largest absolute Gasteiger partial charge is 0.491 e. The summed E-state index contributed by atoms with van der Waals surface area (Å²) >= 11 is 0. The molecule has 0 bridgehead atoms. The second-order valence-corrected chi connectivity index (χ2v) is 5.34. The van der Waals surface area contributed by atoms with Gasteiger partial charge < -0.3 is 10.1 Å². The first-order chi connectivity index (χ1) is 10.5. The van der Waals surface area contributed by atoms with Gasteiger partial charge in [0.1, 0.15) is 5.75 Å². The molecule has 0 saturated heterocycles. The molecule has 0 aliphatic carbocycles. The number of rotatable bonds is 6. The van der Waals surface area contributed by atoms with Crippen molar-refractivity contribution < 1.29 is 9.53 Å². The fourth-order valence-corrected chi connectivity index (χ4v) is 2.34. The molecule has 1 aromatic heterocycles. The number of nitrogens with zero attached hydrogens (tertiary/aromatic N) is 2. The fourth-order valence-electron chi connectivity index (χ4n) is 2.34. The standard InChI is InChI=1S/C17H23N3O2/c1-5-10-22-16-9-7-6-8-15(16)18-17(21)11-14-12(2)19-20(4)13(14)3/h6-9H,5,10-11H2,1-4H3,(H,18,21). The first kappa shape index (κ1) is 16.1. The summed E-state index contributed by atoms with van der Waals surface area (Å²) in [7, 11) is 1.89. The van der Waals surface area contributed by atoms with Gasteiger partial charge in [-0.1, -0.05) is 19.1 Å². The van der Waals surface area contributed by atoms with Crippen LogP contribution in [-0.4, -0.2) is 22.3 Å². The number of benzene rings is 1. The van der Waals surface area contributed by atoms with Gasteiger partial charge in [0, 0.05) is 18.3 Å². The van der Waals surface area contributed by atoms with Gasteiger partial charge in [-0.05, 0) is 32.4 Å². The molecule has 0 saturated carbocycles. The third kappa shape index (κ3) is 3.67. The average molecular weight is 301 g/mol. The number of aryl methyl sites for hydroxylation is 2. The lowest BCUT2D eigenvalue weighted by atomic mass is 10.1. The molecule has 0 aliphatic rings. The van der Waals surface area contributed by atoms with E-state index in [1.807, 2.05) is 45.2 Å². The van der Waals surface area contributed by atoms with Crippen LogP contribution in [0.15, 0.2) is 24.3 Å². The van der Waals surface area contributed by atoms with E-state index in [2.05, 4.69) is 17.3 Å². The molecule has 5 heteroatoms. The first-order valence-corrected chi connectivity index (χ1v) is 7.53. The third-order valence-electron chi connectivity index (χ3n) is 3.62. The van der Waals surface area contributed by atoms with Gasteiger partial charge in [0.25, 0.3) is 0 Å². The minimum Gasteiger partial charge on any atom is -0.491 e. The number of amides is 1. The van der Waals surface area contributed by atoms with E-state index in [4.69, 9.17) is 4.74 Å². The quantitative estimate of drug-likeness (QED) is 0.892. The lowest BCUT2D eigenvalue weighted by Gasteiger charge is -2.12. The van der Waals surface area contributed by atoms with Crippen LogP contribution >= 0.6 is 0 Å². The molecule has 2 rings (SSSR count). The van der Waals surface area contributed by atoms with Gasteiger partial charge in [-0.15, -0.1) is 0 Å². The van der Waals surface area contributed by atoms with Crippen molar-refractivity contribution in [2.75, 3.05) is 11.9 Å². The second-order valence-electron chi connectivity index (χ2n) is 5.34. The number of anilines is 1. The number of para-hydroxylation sites is 2. The predicted molar refractivity (Wildman–Crippen MR) is 87.2 cm³/mol. The van der Waals surface area contributed by atoms with Crippen LogP contribution in [0.2, 0.25) is 0 Å². The summed E-state index contributed by atoms with van der Waals surface area (Å²) in [4.78, 5) is 12.3. The van der Waals surface area contributed by atoms with Crippen LogP contribution in [0.5, 0.6) is 5.75 Å². The van der Waals surface area contributed by atoms with Crippen LogP contribution in [0.3, 0.4) is 0 Å². The fraction of sp³-hybridized carbons (Fsp3) is 0.412. The molecule has 2 aromatic rings. The lowest BCUT2D eigenvalue weighted by molar-refractivity contribution is -0.115. The van der Waals surface area contributed by atoms with Crippen molar-refractivity contribution in [3.8, 4) is 5.75 Å². The Labute approximate surface area is 131 Å². The number of hydrogen-bond donors (Lipinski definition) is 1. The van der Waals surface area contributed by atoms with Gasteiger partial charge in [-0.2, -0.15) is 5.10 Å². The predicted octanol–water partition coefficient (Wildman–Crippen LogP) is 3.01. The summed E-state index contributed by atoms with van der Waals surface area (Å²) in [6.45, 7) is 6.58. The molecule has 1 heterocycles. The minimum atomic E-state index is -0.0632. The molecule has 22 heavy (non-hydrogen) atoms. The topological polar surface area (TPSA) is 56.1 Å². The summed E-state index contributed by atoms with van der Waals surface area (Å²) in [6, 6.07) is 7.50. The Balaban J connectivity index is 2.09. The Hall–Kier alpha value is -2.30. The highest BCUT2D eigenvalue weighted by Crippen LogP contribution is 2.24. The first-order valence-electron chi connectivity index (χ1n) is 7.53. The van der Waals surface area contributed by atoms with Crippen LogP contribution in [0.1, 0.15) is 30.3 Å². The van der Waals surface area contributed by atoms with Gasteiger partial charge in [0.15, 0.2) is 0 Å². The third-order valence-corrected chi connectivity index (χ3v) is 3.62. The maximum Gasteiger partial charge on any atom is 0.229 e. The molecule has 0 aliphatic heterocycles. The molecular weight excluding hydrogens is 278 g/mol. The van der Waals surface area contributed by atoms with Crippen LogP contribution in [0.4, 0.5) is 5.69 Å². The number of aromatic nitrogens is 2. The second kappa shape index (κ2) is 7.11. The van der Waals surface area contributed by atoms with Crippen LogP contribution in [0, 0.1) is 13.8 Å². The molecule has 0 fully saturated rings. The molecular formula is C17H23N3O2. The average Bonchev–Trinajstić information content (AvgIpc) is 2.73. The van der Waals surface area contributed by atoms with Crippen LogP contribution in [0.25, 0.3) is 0 Å². The zero-order valence-corrected chi connectivity index (χ0v) is 13.6. The van der Waals surface area contributed by atoms with Gasteiger partial charge >= 0.3 is 0 Å². The highest BCUT2D eigenvalue weighted by Gasteiger charge is 2.14. The Morgan fingerprint density at radius 3 is 2.68 bits per heavy atom. The molecule has 0 unspecified atom stereocenters. The van der Waals surface area contributed by atoms with Crippen molar-refractivity contribution in [1.29, 1.82) is 0 Å². The summed E-state index contributed by atoms with van der Waals surface area (Å²) in [5, 5.41) is 7.27. The summed E-state index contributed by atoms with van der Waals surface area (Å²) in [5.41, 5.74) is 3.60. The molecule has 0 spiro atoms. The molecule has 1 N–H and O–H groups in total. The molecule has 118 valence electrons. The Kier molecular flexibility index (Phi) is 5.20. The van der Waals surface area contributed by atoms with Crippen LogP contribution in [-0.2, 0) is 18.3 Å². The zero-order valence-electron chi connectivity index (χ0n) is 13.6. The zero-order chi connectivity index (χ0) is 16.1. The Bertz CT molecular complexity index is 662. The van der Waals surface area contributed by atoms with Gasteiger partial charge in [-0.3, -0.25) is 9.48 Å². The van der Waals surface area contributed by atoms with Crippen molar-refractivity contribution in [3.05, 3.63) is 41.2 Å². The van der Waals surface area contributed by atoms with Crippen molar-refractivity contribution in [2.45, 2.75) is 33.6 Å². The Morgan fingerprint density at radius 1 is 1.32 bits per heavy atom. The van der Waals surface area contributed by atoms with E-state index in [1.165, 1.54) is 0 Å². The minimum absolute atomic E-state index is 0.0632. The van der Waals surface area contributed by atoms with E-state index >= 15 is 0 Å². The number of hydrogen-bond acceptors (Lipinski definition) is 3. The van der Waals surface area contributed by atoms with Crippen molar-refractivity contribution in [1.82, 2.24) is 9.78 Å². The van der Waals surface area contributed by atoms with E-state index in [0.29, 0.717) is 24.5 Å². The smallest absolute Gasteiger partial charge is 0.229 e. The van der Waals surface area contributed by atoms with Crippen LogP contribution < -0.4 is 10.1 Å². The summed E-state index contributed by atoms with van der Waals surface area (Å²) in [5.74, 6) is 0.643. The maximum atomic E-state index is 12.3. The van der Waals surface area contributed by atoms with E-state index in [1.54, 1.807) is 4.68 Å². The van der Waals surface area contributed by atoms with Crippen molar-refractivity contribution >= 4 is 11.6 Å². The highest BCUT2D eigenvalue weighted by molar-refractivity contribution is 5.93. The number of nitrogens with one attached hydrogen (secondary N) is 1. The van der Waals surface area contributed by atoms with Crippen molar-refractivity contribution in [3.63, 3.8) is 0 Å². The summed E-state index contributed by atoms with van der Waals surface area (Å²) in [6.07, 6.45) is 1.24. The maximum absolute atomic E-state index is 12.3. The normalized spacial score (nSPS) is 10.5. The molecule has 0 radical (unpaired) electrons. The van der Waals surface area contributed by atoms with Gasteiger partial charge in [0.2, 0.25) is 5.91 Å². The molecule has 5 nitrogen and oxygen atoms in total. The van der Waals surface area contributed by atoms with Gasteiger partial charge in [-0.25, -0.2) is 0 Å². The highest BCUT2D eigenvalue weighted by atomic mass is 16.5. The van der Waals surface area contributed by atoms with E-state index < -0.39 is 0 Å². The Morgan fingerprint density at radius 2 is 2.05 bits per heavy atom. The van der Waals surface area contributed by atoms with Crippen molar-refractivity contribution in [2.24, 2.45) is 7.05 Å². The lowest BCUT2D eigenvalue weighted by Crippen LogP contribution is -2.16. The molecule has 1 amide bonds. The molecule has 0 atom stereocenters. The number of ether oxygens (including phenoxy) is 1. The monoisotopic (exact) mass is 301 g/mol. The number of carbonyl (C=O) groups is 1. The van der Waals surface area contributed by atoms with E-state index in [9.17, 15) is 4.79 Å². The number of carbonyl (C=O) groups excluding carboxylic acids is 1. The van der Waals surface area contributed by atoms with E-state index in [-0.39, 0.29) is 5.91 Å². The van der Waals surface area contributed by atoms with Gasteiger partial charge in [0.05, 0.1) is 24.4 Å². The molecule has 1 aromatic carbocycles. The van der Waals surface area contributed by atoms with E-state index in [0.717, 1.165) is 23.4 Å². The SMILES string of the molecule is CCCOc1ccccc1NC(=O)Cc1c(C)nn(C)c1C.